The highest BCUT2D eigenvalue weighted by atomic mass is 32.1. The minimum atomic E-state index is -0.0160. The van der Waals surface area contributed by atoms with Gasteiger partial charge in [0.15, 0.2) is 0 Å². The minimum Gasteiger partial charge on any atom is -0.307 e. The van der Waals surface area contributed by atoms with Gasteiger partial charge < -0.3 is 9.80 Å². The SMILES string of the molecule is CCCCCCCCCCC(CCCCCCCC)CN1C(=O)C(c2ccc(-c3ccc(-c4ccc(C(C)(C)C)s4)s3)s2)=c2ccc3c4c(ccc3c21)=C(c1ccc(C(C)(C)C)s1)C(=O)N4CC(CCCCCCCC)CCCCCCCCCC. The molecule has 6 heterocycles. The predicted octanol–water partition coefficient (Wildman–Crippen LogP) is 23.9. The highest BCUT2D eigenvalue weighted by Crippen LogP contribution is 2.45. The quantitative estimate of drug-likeness (QED) is 0.0360. The van der Waals surface area contributed by atoms with Gasteiger partial charge in [-0.3, -0.25) is 9.59 Å². The van der Waals surface area contributed by atoms with Gasteiger partial charge in [0.1, 0.15) is 0 Å². The average molecular weight is 1240 g/mol. The van der Waals surface area contributed by atoms with E-state index in [1.165, 1.54) is 209 Å². The maximum atomic E-state index is 16.0. The molecular weight excluding hydrogens is 1130 g/mol. The Labute approximate surface area is 538 Å². The standard InChI is InChI=1S/C78H112N2O2S4/c1-11-15-19-23-27-29-33-37-41-57(39-35-31-25-21-17-13-3)55-79-73-59-44-46-62-72(68-52-54-70(86-68)78(8,9)10)76(82)80(56-58(40-36-32-26-22-18-14-4)42-38-34-30-28-24-20-16-12-2)74(62)60(59)43-45-61(73)71(75(79)81)67-50-49-64(84-67)63-47-48-65(83-63)66-51-53-69(85-66)77(5,6)7/h43-54,57-58H,11-42,55-56H2,1-10H3. The van der Waals surface area contributed by atoms with E-state index >= 15 is 9.59 Å². The molecule has 8 rings (SSSR count). The Morgan fingerprint density at radius 3 is 0.930 bits per heavy atom. The zero-order valence-electron chi connectivity index (χ0n) is 55.5. The van der Waals surface area contributed by atoms with Gasteiger partial charge in [-0.25, -0.2) is 0 Å². The van der Waals surface area contributed by atoms with Crippen molar-refractivity contribution in [3.8, 4) is 19.5 Å². The summed E-state index contributed by atoms with van der Waals surface area (Å²) in [5.41, 5.74) is 3.92. The number of rotatable bonds is 40. The second kappa shape index (κ2) is 33.8. The van der Waals surface area contributed by atoms with E-state index in [4.69, 9.17) is 0 Å². The second-order valence-electron chi connectivity index (χ2n) is 28.1. The van der Waals surface area contributed by atoms with Crippen molar-refractivity contribution in [2.45, 2.75) is 286 Å². The number of nitrogens with zero attached hydrogens (tertiary/aromatic N) is 2. The van der Waals surface area contributed by atoms with Gasteiger partial charge in [0.2, 0.25) is 0 Å². The summed E-state index contributed by atoms with van der Waals surface area (Å²) in [7, 11) is 0. The fourth-order valence-electron chi connectivity index (χ4n) is 13.6. The summed E-state index contributed by atoms with van der Waals surface area (Å²) in [6, 6.07) is 27.3. The number of amides is 2. The molecule has 2 atom stereocenters. The number of hydrogen-bond acceptors (Lipinski definition) is 6. The van der Waals surface area contributed by atoms with Crippen LogP contribution in [-0.2, 0) is 20.4 Å². The van der Waals surface area contributed by atoms with Crippen LogP contribution in [0.15, 0.2) is 72.8 Å². The fourth-order valence-corrected chi connectivity index (χ4v) is 18.0. The summed E-state index contributed by atoms with van der Waals surface area (Å²) in [6.45, 7) is 24.4. The van der Waals surface area contributed by atoms with Gasteiger partial charge in [-0.05, 0) is 96.9 Å². The van der Waals surface area contributed by atoms with Gasteiger partial charge in [0.25, 0.3) is 11.8 Å². The molecule has 0 radical (unpaired) electrons. The highest BCUT2D eigenvalue weighted by Gasteiger charge is 2.38. The van der Waals surface area contributed by atoms with Crippen LogP contribution < -0.4 is 20.2 Å². The van der Waals surface area contributed by atoms with Gasteiger partial charge in [0.05, 0.1) is 22.5 Å². The van der Waals surface area contributed by atoms with Crippen molar-refractivity contribution in [2.24, 2.45) is 11.8 Å². The van der Waals surface area contributed by atoms with Crippen molar-refractivity contribution in [1.82, 2.24) is 0 Å². The van der Waals surface area contributed by atoms with Crippen LogP contribution in [0.2, 0.25) is 0 Å². The molecule has 2 amide bonds. The van der Waals surface area contributed by atoms with Crippen LogP contribution in [0.5, 0.6) is 0 Å². The first-order valence-corrected chi connectivity index (χ1v) is 38.3. The minimum absolute atomic E-state index is 0.0160. The Kier molecular flexibility index (Phi) is 26.8. The normalized spacial score (nSPS) is 14.4. The van der Waals surface area contributed by atoms with E-state index in [1.807, 2.05) is 22.7 Å². The molecule has 2 aliphatic rings. The first-order chi connectivity index (χ1) is 41.7. The molecule has 4 nitrogen and oxygen atoms in total. The third-order valence-corrected chi connectivity index (χ3v) is 24.4. The molecule has 6 aromatic rings. The number of benzene rings is 2. The van der Waals surface area contributed by atoms with Crippen LogP contribution in [0.1, 0.15) is 294 Å². The van der Waals surface area contributed by atoms with E-state index in [1.54, 1.807) is 22.7 Å². The van der Waals surface area contributed by atoms with Crippen molar-refractivity contribution in [3.63, 3.8) is 0 Å². The van der Waals surface area contributed by atoms with Gasteiger partial charge in [-0.2, -0.15) is 0 Å². The van der Waals surface area contributed by atoms with Crippen LogP contribution in [-0.4, -0.2) is 24.9 Å². The maximum Gasteiger partial charge on any atom is 0.260 e. The Morgan fingerprint density at radius 1 is 0.326 bits per heavy atom. The number of unbranched alkanes of at least 4 members (excludes halogenated alkanes) is 24. The lowest BCUT2D eigenvalue weighted by molar-refractivity contribution is -0.114. The van der Waals surface area contributed by atoms with Gasteiger partial charge in [-0.1, -0.05) is 273 Å². The Hall–Kier alpha value is -3.82. The van der Waals surface area contributed by atoms with Crippen LogP contribution in [0.3, 0.4) is 0 Å². The summed E-state index contributed by atoms with van der Waals surface area (Å²) >= 11 is 7.33. The lowest BCUT2D eigenvalue weighted by Crippen LogP contribution is -2.34. The number of fused-ring (bicyclic) bond motifs is 5. The molecule has 2 aromatic carbocycles. The van der Waals surface area contributed by atoms with Crippen LogP contribution in [0.4, 0.5) is 11.4 Å². The molecule has 8 heteroatoms. The monoisotopic (exact) mass is 1240 g/mol. The van der Waals surface area contributed by atoms with Crippen molar-refractivity contribution in [3.05, 3.63) is 103 Å². The summed E-state index contributed by atoms with van der Waals surface area (Å²) in [5, 5.41) is 4.32. The first kappa shape index (κ1) is 68.1. The van der Waals surface area contributed by atoms with E-state index in [0.29, 0.717) is 11.8 Å². The lowest BCUT2D eigenvalue weighted by atomic mass is 9.92. The summed E-state index contributed by atoms with van der Waals surface area (Å²) in [5.74, 6) is 1.13. The molecule has 0 saturated heterocycles. The van der Waals surface area contributed by atoms with Crippen molar-refractivity contribution in [1.29, 1.82) is 0 Å². The number of hydrogen-bond donors (Lipinski definition) is 0. The van der Waals surface area contributed by atoms with Crippen LogP contribution in [0, 0.1) is 11.8 Å². The van der Waals surface area contributed by atoms with E-state index in [0.717, 1.165) is 92.3 Å². The number of thiophene rings is 4. The highest BCUT2D eigenvalue weighted by molar-refractivity contribution is 7.26. The summed E-state index contributed by atoms with van der Waals surface area (Å²) < 4.78 is 0. The van der Waals surface area contributed by atoms with E-state index in [-0.39, 0.29) is 22.6 Å². The largest absolute Gasteiger partial charge is 0.307 e. The third kappa shape index (κ3) is 18.2. The molecule has 0 saturated carbocycles. The van der Waals surface area contributed by atoms with Gasteiger partial charge in [-0.15, -0.1) is 45.3 Å². The first-order valence-electron chi connectivity index (χ1n) is 35.1. The van der Waals surface area contributed by atoms with E-state index in [9.17, 15) is 0 Å². The molecule has 0 aliphatic carbocycles. The van der Waals surface area contributed by atoms with E-state index in [2.05, 4.69) is 152 Å². The number of carbonyl (C=O) groups is 2. The maximum absolute atomic E-state index is 16.0. The summed E-state index contributed by atoms with van der Waals surface area (Å²) in [4.78, 5) is 46.1. The van der Waals surface area contributed by atoms with Crippen LogP contribution in [0.25, 0.3) is 41.4 Å². The molecule has 2 unspecified atom stereocenters. The lowest BCUT2D eigenvalue weighted by Gasteiger charge is -2.28. The molecule has 4 aromatic heterocycles. The van der Waals surface area contributed by atoms with Crippen molar-refractivity contribution < 1.29 is 9.59 Å². The molecule has 0 bridgehead atoms. The second-order valence-corrected chi connectivity index (χ2v) is 32.5. The average Bonchev–Trinajstić information content (AvgIpc) is 1.67. The van der Waals surface area contributed by atoms with Gasteiger partial charge >= 0.3 is 0 Å². The molecule has 470 valence electrons. The molecule has 0 N–H and O–H groups in total. The third-order valence-electron chi connectivity index (χ3n) is 18.8. The van der Waals surface area contributed by atoms with Crippen molar-refractivity contribution in [2.75, 3.05) is 22.9 Å². The number of carbonyl (C=O) groups excluding carboxylic acids is 2. The Bertz CT molecular complexity index is 3180. The smallest absolute Gasteiger partial charge is 0.260 e. The zero-order chi connectivity index (χ0) is 61.1. The predicted molar refractivity (Wildman–Crippen MR) is 383 cm³/mol. The molecule has 0 fully saturated rings. The Morgan fingerprint density at radius 2 is 0.593 bits per heavy atom. The summed E-state index contributed by atoms with van der Waals surface area (Å²) in [6.07, 6.45) is 40.9. The Balaban J connectivity index is 1.21. The number of anilines is 2. The van der Waals surface area contributed by atoms with Crippen LogP contribution >= 0.6 is 45.3 Å². The fraction of sp³-hybridized carbons (Fsp3) is 0.615. The topological polar surface area (TPSA) is 40.6 Å². The molecule has 86 heavy (non-hydrogen) atoms. The zero-order valence-corrected chi connectivity index (χ0v) is 58.7. The van der Waals surface area contributed by atoms with Crippen molar-refractivity contribution >= 4 is 90.5 Å². The molecule has 2 aliphatic heterocycles. The van der Waals surface area contributed by atoms with Gasteiger partial charge in [0, 0.05) is 73.3 Å². The van der Waals surface area contributed by atoms with E-state index < -0.39 is 0 Å². The molecule has 0 spiro atoms. The molecular formula is C78H112N2O2S4.